The van der Waals surface area contributed by atoms with Crippen molar-refractivity contribution in [2.75, 3.05) is 62.6 Å². The fraction of sp³-hybridized carbons (Fsp3) is 0.679. The largest absolute Gasteiger partial charge is 0.459 e. The maximum atomic E-state index is 13.7. The number of aromatic nitrogens is 7. The third-order valence-electron chi connectivity index (χ3n) is 13.6. The number of nitrogens with one attached hydrogen (secondary N) is 2. The first kappa shape index (κ1) is 59.9. The lowest BCUT2D eigenvalue weighted by Crippen LogP contribution is -2.50. The zero-order valence-corrected chi connectivity index (χ0v) is 48.0. The molecule has 0 spiro atoms. The van der Waals surface area contributed by atoms with Gasteiger partial charge in [-0.3, -0.25) is 14.0 Å². The number of hydrogen-bond donors (Lipinski definition) is 2. The summed E-state index contributed by atoms with van der Waals surface area (Å²) in [4.78, 5) is 88.9. The van der Waals surface area contributed by atoms with Crippen LogP contribution in [0.2, 0.25) is 0 Å². The number of amides is 4. The Kier molecular flexibility index (Phi) is 20.8. The second-order valence-corrected chi connectivity index (χ2v) is 23.7. The average Bonchev–Trinajstić information content (AvgIpc) is 4.16. The van der Waals surface area contributed by atoms with Crippen LogP contribution in [-0.4, -0.2) is 161 Å². The molecule has 23 nitrogen and oxygen atoms in total. The van der Waals surface area contributed by atoms with E-state index in [1.165, 1.54) is 6.42 Å². The Bertz CT molecular complexity index is 2620. The van der Waals surface area contributed by atoms with Gasteiger partial charge in [0.1, 0.15) is 41.4 Å². The molecule has 3 fully saturated rings. The van der Waals surface area contributed by atoms with Gasteiger partial charge in [0.25, 0.3) is 0 Å². The van der Waals surface area contributed by atoms with E-state index in [0.717, 1.165) is 50.5 Å². The maximum Gasteiger partial charge on any atom is 0.410 e. The normalized spacial score (nSPS) is 16.9. The Labute approximate surface area is 464 Å². The van der Waals surface area contributed by atoms with Gasteiger partial charge >= 0.3 is 24.2 Å². The highest BCUT2D eigenvalue weighted by molar-refractivity contribution is 5.85. The molecule has 1 saturated carbocycles. The van der Waals surface area contributed by atoms with Crippen molar-refractivity contribution in [2.24, 2.45) is 0 Å². The van der Waals surface area contributed by atoms with Gasteiger partial charge in [-0.05, 0) is 119 Å². The van der Waals surface area contributed by atoms with Crippen LogP contribution in [0.25, 0.3) is 11.2 Å². The number of alkyl carbamates (subject to hydrolysis) is 1. The van der Waals surface area contributed by atoms with E-state index in [1.54, 1.807) is 41.6 Å². The van der Waals surface area contributed by atoms with Crippen molar-refractivity contribution in [2.45, 2.75) is 194 Å². The number of fused-ring (bicyclic) bond motifs is 1. The number of nitrogens with zero attached hydrogens (tertiary/aromatic N) is 11. The Morgan fingerprint density at radius 3 is 2.15 bits per heavy atom. The van der Waals surface area contributed by atoms with Gasteiger partial charge in [-0.15, -0.1) is 5.10 Å². The maximum absolute atomic E-state index is 13.7. The van der Waals surface area contributed by atoms with Gasteiger partial charge in [-0.25, -0.2) is 24.2 Å². The second-order valence-electron chi connectivity index (χ2n) is 23.7. The number of carbonyl (C=O) groups is 5. The third-order valence-corrected chi connectivity index (χ3v) is 13.6. The second kappa shape index (κ2) is 27.4. The van der Waals surface area contributed by atoms with Crippen LogP contribution >= 0.6 is 0 Å². The van der Waals surface area contributed by atoms with Crippen molar-refractivity contribution in [3.8, 4) is 0 Å². The molecule has 2 saturated heterocycles. The van der Waals surface area contributed by atoms with Crippen LogP contribution in [0, 0.1) is 0 Å². The number of esters is 1. The van der Waals surface area contributed by atoms with Gasteiger partial charge in [0.15, 0.2) is 17.0 Å². The summed E-state index contributed by atoms with van der Waals surface area (Å²) in [5.74, 6) is 0.145. The molecule has 2 N–H and O–H groups in total. The quantitative estimate of drug-likeness (QED) is 0.0588. The molecular formula is C56H85N13O10. The Morgan fingerprint density at radius 1 is 0.785 bits per heavy atom. The molecule has 3 aliphatic rings. The molecular weight excluding hydrogens is 1010 g/mol. The van der Waals surface area contributed by atoms with Crippen molar-refractivity contribution in [3.63, 3.8) is 0 Å². The van der Waals surface area contributed by atoms with Gasteiger partial charge in [0.2, 0.25) is 11.9 Å². The van der Waals surface area contributed by atoms with Crippen LogP contribution in [0.4, 0.5) is 26.1 Å². The number of rotatable bonds is 21. The summed E-state index contributed by atoms with van der Waals surface area (Å²) in [6.07, 6.45) is 11.1. The Balaban J connectivity index is 0.966. The first-order valence-corrected chi connectivity index (χ1v) is 28.3. The van der Waals surface area contributed by atoms with Gasteiger partial charge in [0.05, 0.1) is 19.1 Å². The lowest BCUT2D eigenvalue weighted by molar-refractivity contribution is -0.148. The van der Waals surface area contributed by atoms with Gasteiger partial charge in [-0.2, -0.15) is 9.97 Å². The molecule has 0 bridgehead atoms. The van der Waals surface area contributed by atoms with Crippen molar-refractivity contribution in [3.05, 3.63) is 54.1 Å². The van der Waals surface area contributed by atoms with E-state index in [4.69, 9.17) is 38.6 Å². The van der Waals surface area contributed by atoms with Gasteiger partial charge < -0.3 is 53.9 Å². The van der Waals surface area contributed by atoms with Crippen LogP contribution in [0.15, 0.2) is 42.9 Å². The molecule has 4 amide bonds. The van der Waals surface area contributed by atoms with Crippen molar-refractivity contribution in [1.29, 1.82) is 0 Å². The summed E-state index contributed by atoms with van der Waals surface area (Å²) in [7, 11) is 0. The van der Waals surface area contributed by atoms with E-state index in [-0.39, 0.29) is 50.3 Å². The number of anilines is 2. The molecule has 1 aliphatic carbocycles. The van der Waals surface area contributed by atoms with E-state index in [0.29, 0.717) is 100 Å². The van der Waals surface area contributed by atoms with Crippen LogP contribution in [0.1, 0.15) is 157 Å². The SMILES string of the molecule is CC(C)(C)OC(=O)N[C@@H](CCC(=O)N1CCN(c2nc(NCc3cn(CCCN(CCCN(C(=O)OC(C)(C)C)C4CCCCC4)C(=O)OC(C)(C)C)nn3)c3ncn(C4CCCCO4)c3n2)CC1)C(=O)OCc1ccccc1. The summed E-state index contributed by atoms with van der Waals surface area (Å²) < 4.78 is 32.5. The molecule has 2 aliphatic heterocycles. The monoisotopic (exact) mass is 1100 g/mol. The molecule has 1 aromatic carbocycles. The minimum atomic E-state index is -1.10. The highest BCUT2D eigenvalue weighted by atomic mass is 16.6. The Morgan fingerprint density at radius 2 is 1.47 bits per heavy atom. The summed E-state index contributed by atoms with van der Waals surface area (Å²) in [5, 5.41) is 14.9. The number of aryl methyl sites for hydroxylation is 1. The summed E-state index contributed by atoms with van der Waals surface area (Å²) in [6, 6.07) is 8.24. The molecule has 5 heterocycles. The summed E-state index contributed by atoms with van der Waals surface area (Å²) >= 11 is 0. The van der Waals surface area contributed by atoms with Gasteiger partial charge in [0, 0.05) is 71.4 Å². The van der Waals surface area contributed by atoms with E-state index >= 15 is 0 Å². The standard InChI is InChI=1S/C56H85N13O10/c1-54(2,3)77-51(72)59-43(49(71)76-38-40-20-12-10-13-21-40)25-26-44(70)64-31-33-65(34-32-64)50-60-47(46-48(61-50)69(39-58-46)45-24-16-17-35-75-45)57-36-41-37-67(63-62-41)29-18-27-66(52(73)78-55(4,5)6)28-19-30-68(42-22-14-11-15-23-42)53(74)79-56(7,8)9/h10,12-13,20-21,37,39,42-43,45H,11,14-19,22-36,38H2,1-9H3,(H,59,72)(H,57,60,61)/t43-,45?/m0/s1. The van der Waals surface area contributed by atoms with Crippen LogP contribution < -0.4 is 15.5 Å². The van der Waals surface area contributed by atoms with Gasteiger partial charge in [-0.1, -0.05) is 54.8 Å². The molecule has 79 heavy (non-hydrogen) atoms. The van der Waals surface area contributed by atoms with E-state index < -0.39 is 41.0 Å². The van der Waals surface area contributed by atoms with E-state index in [9.17, 15) is 24.0 Å². The van der Waals surface area contributed by atoms with Crippen LogP contribution in [0.5, 0.6) is 0 Å². The zero-order valence-electron chi connectivity index (χ0n) is 48.0. The highest BCUT2D eigenvalue weighted by Gasteiger charge is 2.32. The van der Waals surface area contributed by atoms with Crippen molar-refractivity contribution >= 4 is 53.1 Å². The Hall–Kier alpha value is -6.78. The molecule has 4 aromatic rings. The minimum absolute atomic E-state index is 0.00878. The number of hydrogen-bond acceptors (Lipinski definition) is 17. The summed E-state index contributed by atoms with van der Waals surface area (Å²) in [6.45, 7) is 20.7. The number of carbonyl (C=O) groups excluding carboxylic acids is 5. The van der Waals surface area contributed by atoms with Crippen LogP contribution in [0.3, 0.4) is 0 Å². The number of piperazine rings is 1. The number of imidazole rings is 1. The highest BCUT2D eigenvalue weighted by Crippen LogP contribution is 2.31. The topological polar surface area (TPSA) is 243 Å². The molecule has 23 heteroatoms. The summed E-state index contributed by atoms with van der Waals surface area (Å²) in [5.41, 5.74) is 0.564. The molecule has 7 rings (SSSR count). The first-order valence-electron chi connectivity index (χ1n) is 28.3. The first-order chi connectivity index (χ1) is 37.6. The predicted octanol–water partition coefficient (Wildman–Crippen LogP) is 8.38. The predicted molar refractivity (Wildman–Crippen MR) is 296 cm³/mol. The fourth-order valence-electron chi connectivity index (χ4n) is 9.75. The molecule has 434 valence electrons. The molecule has 0 radical (unpaired) electrons. The number of ether oxygens (including phenoxy) is 5. The van der Waals surface area contributed by atoms with Crippen LogP contribution in [-0.2, 0) is 53.0 Å². The average molecular weight is 1100 g/mol. The third kappa shape index (κ3) is 18.7. The number of benzene rings is 1. The minimum Gasteiger partial charge on any atom is -0.459 e. The zero-order chi connectivity index (χ0) is 56.7. The lowest BCUT2D eigenvalue weighted by Gasteiger charge is -2.36. The van der Waals surface area contributed by atoms with E-state index in [2.05, 4.69) is 20.9 Å². The molecule has 1 unspecified atom stereocenters. The fourth-order valence-corrected chi connectivity index (χ4v) is 9.75. The molecule has 2 atom stereocenters. The smallest absolute Gasteiger partial charge is 0.410 e. The molecule has 3 aromatic heterocycles. The lowest BCUT2D eigenvalue weighted by atomic mass is 9.94. The van der Waals surface area contributed by atoms with Crippen molar-refractivity contribution < 1.29 is 47.7 Å². The van der Waals surface area contributed by atoms with Crippen molar-refractivity contribution in [1.82, 2.24) is 54.5 Å². The van der Waals surface area contributed by atoms with E-state index in [1.807, 2.05) is 92.4 Å².